The largest absolute Gasteiger partial charge is 0.465 e. The van der Waals surface area contributed by atoms with E-state index in [0.29, 0.717) is 23.7 Å². The Hall–Kier alpha value is -2.66. The van der Waals surface area contributed by atoms with Gasteiger partial charge in [-0.25, -0.2) is 4.79 Å². The lowest BCUT2D eigenvalue weighted by atomic mass is 9.78. The number of hydrogen-bond acceptors (Lipinski definition) is 4. The van der Waals surface area contributed by atoms with Crippen molar-refractivity contribution < 1.29 is 14.3 Å². The van der Waals surface area contributed by atoms with Gasteiger partial charge in [-0.05, 0) is 74.2 Å². The number of ether oxygens (including phenoxy) is 1. The molecule has 0 fully saturated rings. The lowest BCUT2D eigenvalue weighted by Crippen LogP contribution is -2.42. The summed E-state index contributed by atoms with van der Waals surface area (Å²) in [5.74, 6) is -0.0154. The standard InChI is InChI=1S/C26H32N2O3/c1-4-13-27(14-5-2)20-15-19-17-28(25(29)18-9-7-6-8-10-18)23-12-11-21(26(30)31-3)22(16-20)24(19)23/h6-12,19-20H,4-5,13-17H2,1-3H3/t19-,20-/m0/s1. The van der Waals surface area contributed by atoms with Gasteiger partial charge in [-0.3, -0.25) is 4.79 Å². The van der Waals surface area contributed by atoms with Crippen LogP contribution in [-0.4, -0.2) is 49.6 Å². The van der Waals surface area contributed by atoms with E-state index in [0.717, 1.165) is 50.0 Å². The molecule has 1 amide bonds. The summed E-state index contributed by atoms with van der Waals surface area (Å²) in [6, 6.07) is 13.6. The smallest absolute Gasteiger partial charge is 0.338 e. The minimum atomic E-state index is -0.289. The average molecular weight is 421 g/mol. The van der Waals surface area contributed by atoms with Crippen LogP contribution in [-0.2, 0) is 11.2 Å². The molecule has 0 spiro atoms. The van der Waals surface area contributed by atoms with Crippen molar-refractivity contribution >= 4 is 17.6 Å². The normalized spacial score (nSPS) is 19.4. The molecule has 1 aliphatic heterocycles. The first-order valence-electron chi connectivity index (χ1n) is 11.4. The van der Waals surface area contributed by atoms with Crippen LogP contribution in [0.2, 0.25) is 0 Å². The molecule has 5 nitrogen and oxygen atoms in total. The van der Waals surface area contributed by atoms with Crippen LogP contribution in [0, 0.1) is 0 Å². The highest BCUT2D eigenvalue weighted by Crippen LogP contribution is 2.47. The maximum absolute atomic E-state index is 13.3. The van der Waals surface area contributed by atoms with E-state index in [-0.39, 0.29) is 17.8 Å². The highest BCUT2D eigenvalue weighted by Gasteiger charge is 2.41. The Morgan fingerprint density at radius 2 is 1.77 bits per heavy atom. The summed E-state index contributed by atoms with van der Waals surface area (Å²) in [6.45, 7) is 7.21. The zero-order valence-corrected chi connectivity index (χ0v) is 18.8. The van der Waals surface area contributed by atoms with Crippen molar-refractivity contribution in [3.63, 3.8) is 0 Å². The van der Waals surface area contributed by atoms with Crippen molar-refractivity contribution in [2.24, 2.45) is 0 Å². The van der Waals surface area contributed by atoms with E-state index >= 15 is 0 Å². The van der Waals surface area contributed by atoms with Crippen LogP contribution in [0.25, 0.3) is 0 Å². The van der Waals surface area contributed by atoms with Crippen molar-refractivity contribution in [1.82, 2.24) is 4.90 Å². The quantitative estimate of drug-likeness (QED) is 0.612. The molecule has 2 aromatic carbocycles. The second kappa shape index (κ2) is 9.23. The van der Waals surface area contributed by atoms with Gasteiger partial charge in [0.2, 0.25) is 0 Å². The lowest BCUT2D eigenvalue weighted by Gasteiger charge is -2.37. The van der Waals surface area contributed by atoms with Gasteiger partial charge in [-0.2, -0.15) is 0 Å². The zero-order chi connectivity index (χ0) is 22.0. The van der Waals surface area contributed by atoms with Crippen LogP contribution in [0.5, 0.6) is 0 Å². The van der Waals surface area contributed by atoms with Crippen LogP contribution in [0.15, 0.2) is 42.5 Å². The molecule has 4 rings (SSSR count). The Morgan fingerprint density at radius 1 is 1.06 bits per heavy atom. The summed E-state index contributed by atoms with van der Waals surface area (Å²) in [5.41, 5.74) is 4.56. The predicted molar refractivity (Wildman–Crippen MR) is 123 cm³/mol. The average Bonchev–Trinajstić information content (AvgIpc) is 3.18. The van der Waals surface area contributed by atoms with Crippen LogP contribution < -0.4 is 4.90 Å². The summed E-state index contributed by atoms with van der Waals surface area (Å²) in [5, 5.41) is 0. The highest BCUT2D eigenvalue weighted by molar-refractivity contribution is 6.08. The molecule has 164 valence electrons. The summed E-state index contributed by atoms with van der Waals surface area (Å²) in [7, 11) is 1.44. The molecule has 5 heteroatoms. The Balaban J connectivity index is 1.74. The highest BCUT2D eigenvalue weighted by atomic mass is 16.5. The molecule has 1 aliphatic carbocycles. The molecule has 0 radical (unpaired) electrons. The van der Waals surface area contributed by atoms with Gasteiger partial charge in [0, 0.05) is 29.8 Å². The third-order valence-electron chi connectivity index (χ3n) is 6.64. The first kappa shape index (κ1) is 21.6. The van der Waals surface area contributed by atoms with E-state index in [4.69, 9.17) is 4.74 Å². The minimum Gasteiger partial charge on any atom is -0.465 e. The lowest BCUT2D eigenvalue weighted by molar-refractivity contribution is 0.0597. The van der Waals surface area contributed by atoms with E-state index in [9.17, 15) is 9.59 Å². The van der Waals surface area contributed by atoms with Crippen LogP contribution in [0.4, 0.5) is 5.69 Å². The molecule has 0 saturated carbocycles. The van der Waals surface area contributed by atoms with E-state index in [1.54, 1.807) is 0 Å². The molecule has 0 saturated heterocycles. The third-order valence-corrected chi connectivity index (χ3v) is 6.64. The van der Waals surface area contributed by atoms with Crippen molar-refractivity contribution in [3.8, 4) is 0 Å². The molecule has 0 unspecified atom stereocenters. The van der Waals surface area contributed by atoms with Crippen molar-refractivity contribution in [2.75, 3.05) is 31.6 Å². The second-order valence-corrected chi connectivity index (χ2v) is 8.62. The number of esters is 1. The summed E-state index contributed by atoms with van der Waals surface area (Å²) in [4.78, 5) is 30.4. The number of nitrogens with zero attached hydrogens (tertiary/aromatic N) is 2. The predicted octanol–water partition coefficient (Wildman–Crippen LogP) is 4.65. The van der Waals surface area contributed by atoms with Crippen LogP contribution in [0.3, 0.4) is 0 Å². The Bertz CT molecular complexity index is 951. The molecule has 2 aromatic rings. The zero-order valence-electron chi connectivity index (χ0n) is 18.8. The molecule has 2 atom stereocenters. The number of methoxy groups -OCH3 is 1. The first-order chi connectivity index (χ1) is 15.1. The number of anilines is 1. The van der Waals surface area contributed by atoms with E-state index in [1.165, 1.54) is 12.7 Å². The number of rotatable bonds is 7. The van der Waals surface area contributed by atoms with E-state index in [2.05, 4.69) is 18.7 Å². The number of hydrogen-bond donors (Lipinski definition) is 0. The minimum absolute atomic E-state index is 0.0264. The maximum Gasteiger partial charge on any atom is 0.338 e. The van der Waals surface area contributed by atoms with Crippen molar-refractivity contribution in [2.45, 2.75) is 51.5 Å². The Morgan fingerprint density at radius 3 is 2.42 bits per heavy atom. The van der Waals surface area contributed by atoms with Gasteiger partial charge >= 0.3 is 5.97 Å². The van der Waals surface area contributed by atoms with E-state index < -0.39 is 0 Å². The van der Waals surface area contributed by atoms with Gasteiger partial charge in [-0.1, -0.05) is 32.0 Å². The molecular weight excluding hydrogens is 388 g/mol. The second-order valence-electron chi connectivity index (χ2n) is 8.62. The number of carbonyl (C=O) groups is 2. The Labute approximate surface area is 185 Å². The first-order valence-corrected chi connectivity index (χ1v) is 11.4. The van der Waals surface area contributed by atoms with Crippen molar-refractivity contribution in [1.29, 1.82) is 0 Å². The van der Waals surface area contributed by atoms with Gasteiger partial charge < -0.3 is 14.5 Å². The summed E-state index contributed by atoms with van der Waals surface area (Å²) in [6.07, 6.45) is 4.06. The summed E-state index contributed by atoms with van der Waals surface area (Å²) >= 11 is 0. The van der Waals surface area contributed by atoms with Gasteiger partial charge in [-0.15, -0.1) is 0 Å². The van der Waals surface area contributed by atoms with Crippen LogP contribution in [0.1, 0.15) is 70.9 Å². The maximum atomic E-state index is 13.3. The van der Waals surface area contributed by atoms with Gasteiger partial charge in [0.05, 0.1) is 12.7 Å². The fourth-order valence-electron chi connectivity index (χ4n) is 5.37. The third kappa shape index (κ3) is 3.99. The molecule has 0 aromatic heterocycles. The molecule has 0 bridgehead atoms. The number of benzene rings is 2. The Kier molecular flexibility index (Phi) is 6.42. The number of carbonyl (C=O) groups excluding carboxylic acids is 2. The van der Waals surface area contributed by atoms with E-state index in [1.807, 2.05) is 47.4 Å². The molecule has 0 N–H and O–H groups in total. The molecular formula is C26H32N2O3. The van der Waals surface area contributed by atoms with Gasteiger partial charge in [0.25, 0.3) is 5.91 Å². The monoisotopic (exact) mass is 420 g/mol. The van der Waals surface area contributed by atoms with Gasteiger partial charge in [0.15, 0.2) is 0 Å². The SMILES string of the molecule is CCCN(CCC)[C@@H]1Cc2c(C(=O)OC)ccc3c2[C@@H](C1)CN3C(=O)c1ccccc1. The fourth-order valence-corrected chi connectivity index (χ4v) is 5.37. The summed E-state index contributed by atoms with van der Waals surface area (Å²) < 4.78 is 5.10. The van der Waals surface area contributed by atoms with Gasteiger partial charge in [0.1, 0.15) is 0 Å². The fraction of sp³-hybridized carbons (Fsp3) is 0.462. The van der Waals surface area contributed by atoms with Crippen LogP contribution >= 0.6 is 0 Å². The molecule has 2 aliphatic rings. The molecule has 1 heterocycles. The number of amides is 1. The topological polar surface area (TPSA) is 49.9 Å². The van der Waals surface area contributed by atoms with Crippen molar-refractivity contribution in [3.05, 3.63) is 64.7 Å². The molecule has 31 heavy (non-hydrogen) atoms.